The zero-order valence-electron chi connectivity index (χ0n) is 14.2. The molecule has 3 heterocycles. The second-order valence-corrected chi connectivity index (χ2v) is 7.45. The van der Waals surface area contributed by atoms with Crippen LogP contribution in [0, 0.1) is 0 Å². The van der Waals surface area contributed by atoms with Gasteiger partial charge >= 0.3 is 0 Å². The maximum Gasteiger partial charge on any atom is 0.267 e. The highest BCUT2D eigenvalue weighted by atomic mass is 32.2. The number of hydrogen-bond acceptors (Lipinski definition) is 6. The summed E-state index contributed by atoms with van der Waals surface area (Å²) < 4.78 is 5.31. The van der Waals surface area contributed by atoms with Crippen molar-refractivity contribution in [2.45, 2.75) is 0 Å². The molecule has 1 aliphatic heterocycles. The van der Waals surface area contributed by atoms with E-state index in [-0.39, 0.29) is 5.91 Å². The molecule has 7 heteroatoms. The van der Waals surface area contributed by atoms with Crippen molar-refractivity contribution in [2.75, 3.05) is 6.54 Å². The van der Waals surface area contributed by atoms with Gasteiger partial charge in [-0.25, -0.2) is 4.98 Å². The van der Waals surface area contributed by atoms with Crippen LogP contribution < -0.4 is 0 Å². The Morgan fingerprint density at radius 3 is 2.81 bits per heavy atom. The van der Waals surface area contributed by atoms with Crippen molar-refractivity contribution in [3.63, 3.8) is 0 Å². The van der Waals surface area contributed by atoms with Crippen molar-refractivity contribution >= 4 is 45.4 Å². The number of nitrogens with zero attached hydrogens (tertiary/aromatic N) is 3. The van der Waals surface area contributed by atoms with Crippen LogP contribution in [-0.2, 0) is 4.79 Å². The molecule has 0 atom stereocenters. The number of aliphatic imine (C=N–C) groups is 1. The highest BCUT2D eigenvalue weighted by molar-refractivity contribution is 8.18. The highest BCUT2D eigenvalue weighted by Crippen LogP contribution is 2.35. The zero-order valence-corrected chi connectivity index (χ0v) is 15.9. The summed E-state index contributed by atoms with van der Waals surface area (Å²) in [7, 11) is 0. The summed E-state index contributed by atoms with van der Waals surface area (Å²) in [5.41, 5.74) is 1.91. The van der Waals surface area contributed by atoms with Gasteiger partial charge in [-0.1, -0.05) is 36.4 Å². The zero-order chi connectivity index (χ0) is 18.6. The number of amides is 1. The molecule has 0 N–H and O–H groups in total. The molecule has 1 aliphatic rings. The van der Waals surface area contributed by atoms with Crippen LogP contribution in [0.15, 0.2) is 81.1 Å². The van der Waals surface area contributed by atoms with Crippen molar-refractivity contribution in [1.82, 2.24) is 9.88 Å². The minimum Gasteiger partial charge on any atom is -0.465 e. The Morgan fingerprint density at radius 1 is 1.22 bits per heavy atom. The second-order valence-electron chi connectivity index (χ2n) is 5.61. The first kappa shape index (κ1) is 17.5. The van der Waals surface area contributed by atoms with Gasteiger partial charge in [-0.15, -0.1) is 17.9 Å². The largest absolute Gasteiger partial charge is 0.465 e. The molecule has 3 aromatic rings. The third-order valence-corrected chi connectivity index (χ3v) is 5.51. The molecule has 0 saturated carbocycles. The molecule has 1 saturated heterocycles. The monoisotopic (exact) mass is 393 g/mol. The lowest BCUT2D eigenvalue weighted by Gasteiger charge is -2.11. The van der Waals surface area contributed by atoms with E-state index in [1.165, 1.54) is 23.1 Å². The summed E-state index contributed by atoms with van der Waals surface area (Å²) >= 11 is 2.76. The van der Waals surface area contributed by atoms with Gasteiger partial charge in [-0.3, -0.25) is 9.69 Å². The third-order valence-electron chi connectivity index (χ3n) is 3.77. The van der Waals surface area contributed by atoms with E-state index in [1.54, 1.807) is 35.4 Å². The highest BCUT2D eigenvalue weighted by Gasteiger charge is 2.33. The Hall–Kier alpha value is -2.90. The fourth-order valence-corrected chi connectivity index (χ4v) is 4.25. The van der Waals surface area contributed by atoms with E-state index in [9.17, 15) is 4.79 Å². The topological polar surface area (TPSA) is 58.7 Å². The molecule has 0 aliphatic carbocycles. The van der Waals surface area contributed by atoms with Gasteiger partial charge in [-0.2, -0.15) is 4.99 Å². The van der Waals surface area contributed by atoms with E-state index in [2.05, 4.69) is 16.6 Å². The minimum atomic E-state index is -0.116. The first-order valence-corrected chi connectivity index (χ1v) is 9.89. The number of carbonyl (C=O) groups is 1. The maximum atomic E-state index is 12.7. The van der Waals surface area contributed by atoms with E-state index < -0.39 is 0 Å². The summed E-state index contributed by atoms with van der Waals surface area (Å²) in [6.45, 7) is 4.12. The lowest BCUT2D eigenvalue weighted by Crippen LogP contribution is -2.29. The van der Waals surface area contributed by atoms with Crippen LogP contribution in [0.25, 0.3) is 17.3 Å². The lowest BCUT2D eigenvalue weighted by atomic mass is 10.2. The standard InChI is InChI=1S/C20H15N3O2S2/c1-2-10-23-18(24)17(12-15-9-6-11-25-15)27-20(23)22-19-21-16(13-26-19)14-7-4-3-5-8-14/h2-9,11-13H,1,10H2/b17-12+,22-20+. The number of aromatic nitrogens is 1. The van der Waals surface area contributed by atoms with E-state index in [1.807, 2.05) is 35.7 Å². The normalized spacial score (nSPS) is 17.2. The first-order chi connectivity index (χ1) is 13.2. The Labute approximate surface area is 164 Å². The Bertz CT molecular complexity index is 1020. The van der Waals surface area contributed by atoms with Gasteiger partial charge in [0.2, 0.25) is 5.13 Å². The second kappa shape index (κ2) is 7.77. The van der Waals surface area contributed by atoms with Crippen LogP contribution in [0.5, 0.6) is 0 Å². The van der Waals surface area contributed by atoms with E-state index in [0.29, 0.717) is 27.5 Å². The third kappa shape index (κ3) is 3.79. The number of thiazole rings is 1. The molecule has 5 nitrogen and oxygen atoms in total. The molecule has 4 rings (SSSR count). The lowest BCUT2D eigenvalue weighted by molar-refractivity contribution is -0.121. The summed E-state index contributed by atoms with van der Waals surface area (Å²) in [6, 6.07) is 13.5. The number of amidine groups is 1. The molecule has 1 fully saturated rings. The molecule has 134 valence electrons. The average Bonchev–Trinajstić information content (AvgIpc) is 3.42. The molecule has 0 unspecified atom stereocenters. The van der Waals surface area contributed by atoms with Gasteiger partial charge in [0.1, 0.15) is 5.76 Å². The summed E-state index contributed by atoms with van der Waals surface area (Å²) in [5.74, 6) is 0.515. The predicted octanol–water partition coefficient (Wildman–Crippen LogP) is 5.19. The van der Waals surface area contributed by atoms with Gasteiger partial charge < -0.3 is 4.42 Å². The SMILES string of the molecule is C=CCN1C(=O)/C(=C\c2ccco2)S/C1=N/c1nc(-c2ccccc2)cs1. The van der Waals surface area contributed by atoms with Crippen LogP contribution in [0.3, 0.4) is 0 Å². The molecule has 1 amide bonds. The van der Waals surface area contributed by atoms with Gasteiger partial charge in [0.05, 0.1) is 16.9 Å². The smallest absolute Gasteiger partial charge is 0.267 e. The average molecular weight is 393 g/mol. The van der Waals surface area contributed by atoms with Crippen molar-refractivity contribution < 1.29 is 9.21 Å². The summed E-state index contributed by atoms with van der Waals surface area (Å²) in [6.07, 6.45) is 4.98. The van der Waals surface area contributed by atoms with E-state index >= 15 is 0 Å². The molecule has 2 aromatic heterocycles. The molecular formula is C20H15N3O2S2. The van der Waals surface area contributed by atoms with Crippen molar-refractivity contribution in [2.24, 2.45) is 4.99 Å². The number of rotatable bonds is 5. The molecule has 0 bridgehead atoms. The number of carbonyl (C=O) groups excluding carboxylic acids is 1. The number of benzene rings is 1. The van der Waals surface area contributed by atoms with Crippen LogP contribution in [0.1, 0.15) is 5.76 Å². The van der Waals surface area contributed by atoms with Gasteiger partial charge in [0.25, 0.3) is 5.91 Å². The maximum absolute atomic E-state index is 12.7. The Balaban J connectivity index is 1.64. The molecular weight excluding hydrogens is 378 g/mol. The van der Waals surface area contributed by atoms with E-state index in [4.69, 9.17) is 4.42 Å². The quantitative estimate of drug-likeness (QED) is 0.442. The van der Waals surface area contributed by atoms with E-state index in [0.717, 1.165) is 11.3 Å². The number of furan rings is 1. The molecule has 27 heavy (non-hydrogen) atoms. The van der Waals surface area contributed by atoms with Gasteiger partial charge in [0, 0.05) is 23.6 Å². The van der Waals surface area contributed by atoms with Crippen LogP contribution in [0.4, 0.5) is 5.13 Å². The van der Waals surface area contributed by atoms with Crippen molar-refractivity contribution in [1.29, 1.82) is 0 Å². The fourth-order valence-electron chi connectivity index (χ4n) is 2.52. The van der Waals surface area contributed by atoms with Gasteiger partial charge in [0.15, 0.2) is 5.17 Å². The van der Waals surface area contributed by atoms with Crippen LogP contribution in [-0.4, -0.2) is 27.5 Å². The summed E-state index contributed by atoms with van der Waals surface area (Å²) in [4.78, 5) is 24.0. The molecule has 0 radical (unpaired) electrons. The Kier molecular flexibility index (Phi) is 5.04. The van der Waals surface area contributed by atoms with Gasteiger partial charge in [-0.05, 0) is 23.9 Å². The molecule has 1 aromatic carbocycles. The number of hydrogen-bond donors (Lipinski definition) is 0. The predicted molar refractivity (Wildman–Crippen MR) is 111 cm³/mol. The summed E-state index contributed by atoms with van der Waals surface area (Å²) in [5, 5.41) is 3.16. The van der Waals surface area contributed by atoms with Crippen molar-refractivity contribution in [3.05, 3.63) is 77.4 Å². The minimum absolute atomic E-state index is 0.116. The van der Waals surface area contributed by atoms with Crippen LogP contribution in [0.2, 0.25) is 0 Å². The number of thioether (sulfide) groups is 1. The Morgan fingerprint density at radius 2 is 2.07 bits per heavy atom. The van der Waals surface area contributed by atoms with Crippen LogP contribution >= 0.6 is 23.1 Å². The fraction of sp³-hybridized carbons (Fsp3) is 0.0500. The molecule has 0 spiro atoms. The first-order valence-electron chi connectivity index (χ1n) is 8.20. The van der Waals surface area contributed by atoms with Crippen molar-refractivity contribution in [3.8, 4) is 11.3 Å².